The molecule has 1 aromatic carbocycles. The number of alkyl halides is 3. The minimum atomic E-state index is -4.66. The van der Waals surface area contributed by atoms with Crippen LogP contribution in [-0.4, -0.2) is 28.0 Å². The maximum atomic E-state index is 13.5. The SMILES string of the molecule is CO/C=C(/C(=O)O)c1ccccc1COc1nn(CC2CC2)c(Br)c1C(F)(F)F. The third-order valence-corrected chi connectivity index (χ3v) is 5.21. The average Bonchev–Trinajstić information content (AvgIpc) is 3.40. The average molecular weight is 475 g/mol. The van der Waals surface area contributed by atoms with E-state index in [0.29, 0.717) is 18.0 Å². The van der Waals surface area contributed by atoms with Gasteiger partial charge in [-0.15, -0.1) is 5.10 Å². The maximum Gasteiger partial charge on any atom is 0.424 e. The van der Waals surface area contributed by atoms with Gasteiger partial charge in [0, 0.05) is 6.54 Å². The number of nitrogens with zero attached hydrogens (tertiary/aromatic N) is 2. The summed E-state index contributed by atoms with van der Waals surface area (Å²) in [6, 6.07) is 6.36. The lowest BCUT2D eigenvalue weighted by atomic mass is 10.0. The molecule has 0 atom stereocenters. The van der Waals surface area contributed by atoms with Gasteiger partial charge in [-0.1, -0.05) is 24.3 Å². The minimum absolute atomic E-state index is 0.136. The highest BCUT2D eigenvalue weighted by molar-refractivity contribution is 9.10. The maximum absolute atomic E-state index is 13.5. The van der Waals surface area contributed by atoms with Gasteiger partial charge >= 0.3 is 12.1 Å². The number of halogens is 4. The zero-order chi connectivity index (χ0) is 21.2. The first-order valence-electron chi connectivity index (χ1n) is 8.73. The Labute approximate surface area is 173 Å². The van der Waals surface area contributed by atoms with Crippen LogP contribution in [0.5, 0.6) is 5.88 Å². The molecule has 1 heterocycles. The summed E-state index contributed by atoms with van der Waals surface area (Å²) in [5.41, 5.74) is -0.448. The van der Waals surface area contributed by atoms with Crippen molar-refractivity contribution >= 4 is 27.5 Å². The second-order valence-corrected chi connectivity index (χ2v) is 7.36. The summed E-state index contributed by atoms with van der Waals surface area (Å²) in [6.07, 6.45) is -1.68. The van der Waals surface area contributed by atoms with E-state index in [1.165, 1.54) is 17.9 Å². The van der Waals surface area contributed by atoms with Crippen molar-refractivity contribution in [2.45, 2.75) is 32.2 Å². The molecule has 0 bridgehead atoms. The molecule has 1 aliphatic rings. The number of ether oxygens (including phenoxy) is 2. The molecule has 156 valence electrons. The van der Waals surface area contributed by atoms with E-state index < -0.39 is 23.6 Å². The van der Waals surface area contributed by atoms with Crippen molar-refractivity contribution in [1.29, 1.82) is 0 Å². The molecule has 6 nitrogen and oxygen atoms in total. The number of hydrogen-bond donors (Lipinski definition) is 1. The Hall–Kier alpha value is -2.49. The van der Waals surface area contributed by atoms with Crippen LogP contribution in [0.15, 0.2) is 35.1 Å². The van der Waals surface area contributed by atoms with Gasteiger partial charge in [-0.3, -0.25) is 4.68 Å². The highest BCUT2D eigenvalue weighted by Gasteiger charge is 2.41. The van der Waals surface area contributed by atoms with Crippen LogP contribution in [0.3, 0.4) is 0 Å². The van der Waals surface area contributed by atoms with E-state index in [2.05, 4.69) is 21.0 Å². The second-order valence-electron chi connectivity index (χ2n) is 6.61. The summed E-state index contributed by atoms with van der Waals surface area (Å²) in [5, 5.41) is 13.4. The standard InChI is InChI=1S/C19H18BrF3N2O4/c1-28-10-14(18(26)27)13-5-3-2-4-12(13)9-29-17-15(19(21,22)23)16(20)25(24-17)8-11-6-7-11/h2-5,10-11H,6-9H2,1H3,(H,26,27)/b14-10+. The quantitative estimate of drug-likeness (QED) is 0.442. The Morgan fingerprint density at radius 2 is 2.07 bits per heavy atom. The number of aliphatic carboxylic acids is 1. The van der Waals surface area contributed by atoms with Crippen molar-refractivity contribution in [2.75, 3.05) is 7.11 Å². The fourth-order valence-electron chi connectivity index (χ4n) is 2.83. The predicted octanol–water partition coefficient (Wildman–Crippen LogP) is 4.73. The Bertz CT molecular complexity index is 936. The van der Waals surface area contributed by atoms with E-state index in [1.807, 2.05) is 0 Å². The number of benzene rings is 1. The fraction of sp³-hybridized carbons (Fsp3) is 0.368. The van der Waals surface area contributed by atoms with Crippen molar-refractivity contribution in [1.82, 2.24) is 9.78 Å². The van der Waals surface area contributed by atoms with E-state index in [1.54, 1.807) is 18.2 Å². The predicted molar refractivity (Wildman–Crippen MR) is 101 cm³/mol. The zero-order valence-electron chi connectivity index (χ0n) is 15.4. The summed E-state index contributed by atoms with van der Waals surface area (Å²) < 4.78 is 52.0. The first kappa shape index (κ1) is 21.2. The van der Waals surface area contributed by atoms with Gasteiger partial charge in [0.05, 0.1) is 13.4 Å². The van der Waals surface area contributed by atoms with Gasteiger partial charge in [0.1, 0.15) is 16.8 Å². The number of rotatable bonds is 8. The van der Waals surface area contributed by atoms with E-state index in [0.717, 1.165) is 19.1 Å². The molecule has 0 radical (unpaired) electrons. The molecule has 29 heavy (non-hydrogen) atoms. The van der Waals surface area contributed by atoms with Gasteiger partial charge in [-0.2, -0.15) is 13.2 Å². The molecule has 1 saturated carbocycles. The van der Waals surface area contributed by atoms with Gasteiger partial charge in [-0.05, 0) is 45.8 Å². The third-order valence-electron chi connectivity index (χ3n) is 4.41. The van der Waals surface area contributed by atoms with E-state index in [-0.39, 0.29) is 22.3 Å². The van der Waals surface area contributed by atoms with Crippen LogP contribution in [0, 0.1) is 5.92 Å². The van der Waals surface area contributed by atoms with Crippen molar-refractivity contribution < 1.29 is 32.5 Å². The number of carboxylic acids is 1. The van der Waals surface area contributed by atoms with Gasteiger partial charge < -0.3 is 14.6 Å². The van der Waals surface area contributed by atoms with Gasteiger partial charge in [0.15, 0.2) is 5.56 Å². The lowest BCUT2D eigenvalue weighted by molar-refractivity contribution is -0.139. The Kier molecular flexibility index (Phi) is 6.21. The smallest absolute Gasteiger partial charge is 0.424 e. The molecule has 0 saturated heterocycles. The first-order valence-corrected chi connectivity index (χ1v) is 9.52. The molecule has 1 aliphatic carbocycles. The second kappa shape index (κ2) is 8.48. The topological polar surface area (TPSA) is 73.6 Å². The van der Waals surface area contributed by atoms with Crippen LogP contribution in [0.2, 0.25) is 0 Å². The number of aromatic nitrogens is 2. The molecule has 1 N–H and O–H groups in total. The molecule has 3 rings (SSSR count). The minimum Gasteiger partial charge on any atom is -0.503 e. The molecule has 0 unspecified atom stereocenters. The van der Waals surface area contributed by atoms with E-state index >= 15 is 0 Å². The van der Waals surface area contributed by atoms with Crippen LogP contribution in [0.4, 0.5) is 13.2 Å². The van der Waals surface area contributed by atoms with Crippen LogP contribution < -0.4 is 4.74 Å². The number of carbonyl (C=O) groups is 1. The van der Waals surface area contributed by atoms with Crippen molar-refractivity contribution in [2.24, 2.45) is 5.92 Å². The molecule has 10 heteroatoms. The highest BCUT2D eigenvalue weighted by Crippen LogP contribution is 2.42. The lowest BCUT2D eigenvalue weighted by Crippen LogP contribution is -2.10. The van der Waals surface area contributed by atoms with Crippen molar-refractivity contribution in [3.63, 3.8) is 0 Å². The molecule has 0 spiro atoms. The largest absolute Gasteiger partial charge is 0.503 e. The van der Waals surface area contributed by atoms with E-state index in [4.69, 9.17) is 9.47 Å². The summed E-state index contributed by atoms with van der Waals surface area (Å²) >= 11 is 2.99. The zero-order valence-corrected chi connectivity index (χ0v) is 17.0. The Morgan fingerprint density at radius 3 is 2.66 bits per heavy atom. The molecule has 1 fully saturated rings. The van der Waals surface area contributed by atoms with Gasteiger partial charge in [0.25, 0.3) is 0 Å². The summed E-state index contributed by atoms with van der Waals surface area (Å²) in [4.78, 5) is 11.5. The third kappa shape index (κ3) is 4.92. The number of hydrogen-bond acceptors (Lipinski definition) is 4. The summed E-state index contributed by atoms with van der Waals surface area (Å²) in [7, 11) is 1.31. The van der Waals surface area contributed by atoms with Crippen LogP contribution in [-0.2, 0) is 28.9 Å². The monoisotopic (exact) mass is 474 g/mol. The summed E-state index contributed by atoms with van der Waals surface area (Å²) in [5.74, 6) is -1.46. The highest BCUT2D eigenvalue weighted by atomic mass is 79.9. The summed E-state index contributed by atoms with van der Waals surface area (Å²) in [6.45, 7) is 0.0871. The normalized spacial score (nSPS) is 14.7. The molecule has 0 amide bonds. The van der Waals surface area contributed by atoms with Crippen molar-refractivity contribution in [3.8, 4) is 5.88 Å². The Balaban J connectivity index is 1.90. The number of carboxylic acid groups (broad SMARTS) is 1. The van der Waals surface area contributed by atoms with E-state index in [9.17, 15) is 23.1 Å². The molecule has 0 aliphatic heterocycles. The lowest BCUT2D eigenvalue weighted by Gasteiger charge is -2.12. The molecular formula is C19H18BrF3N2O4. The van der Waals surface area contributed by atoms with Crippen molar-refractivity contribution in [3.05, 3.63) is 51.8 Å². The fourth-order valence-corrected chi connectivity index (χ4v) is 3.45. The Morgan fingerprint density at radius 1 is 1.38 bits per heavy atom. The van der Waals surface area contributed by atoms with Gasteiger partial charge in [0.2, 0.25) is 5.88 Å². The first-order chi connectivity index (χ1) is 13.7. The van der Waals surface area contributed by atoms with Crippen LogP contribution in [0.1, 0.15) is 29.5 Å². The molecule has 2 aromatic rings. The van der Waals surface area contributed by atoms with Crippen LogP contribution in [0.25, 0.3) is 5.57 Å². The van der Waals surface area contributed by atoms with Gasteiger partial charge in [-0.25, -0.2) is 4.79 Å². The van der Waals surface area contributed by atoms with Crippen LogP contribution >= 0.6 is 15.9 Å². The molecule has 1 aromatic heterocycles. The molecular weight excluding hydrogens is 457 g/mol. The number of methoxy groups -OCH3 is 1.